The van der Waals surface area contributed by atoms with E-state index in [-0.39, 0.29) is 5.41 Å². The molecule has 1 aliphatic heterocycles. The molecule has 0 aromatic rings. The van der Waals surface area contributed by atoms with E-state index in [9.17, 15) is 5.11 Å². The molecule has 1 unspecified atom stereocenters. The summed E-state index contributed by atoms with van der Waals surface area (Å²) < 4.78 is 0. The number of nitrogens with zero attached hydrogens (tertiary/aromatic N) is 1. The number of aliphatic hydroxyl groups is 1. The highest BCUT2D eigenvalue weighted by molar-refractivity contribution is 5.11. The summed E-state index contributed by atoms with van der Waals surface area (Å²) >= 11 is 0. The minimum atomic E-state index is -0.491. The van der Waals surface area contributed by atoms with Crippen molar-refractivity contribution in [2.45, 2.75) is 31.3 Å². The first-order valence-electron chi connectivity index (χ1n) is 5.23. The second kappa shape index (κ2) is 2.94. The topological polar surface area (TPSA) is 49.5 Å². The highest BCUT2D eigenvalue weighted by Crippen LogP contribution is 2.55. The predicted octanol–water partition coefficient (Wildman–Crippen LogP) is 0.182. The van der Waals surface area contributed by atoms with Gasteiger partial charge < -0.3 is 15.7 Å². The molecule has 1 aliphatic carbocycles. The third-order valence-corrected chi connectivity index (χ3v) is 3.89. The van der Waals surface area contributed by atoms with Gasteiger partial charge in [-0.05, 0) is 39.3 Å². The number of nitrogens with two attached hydrogens (primary N) is 1. The average Bonchev–Trinajstić information content (AvgIpc) is 2.83. The molecule has 0 bridgehead atoms. The molecular weight excluding hydrogens is 164 g/mol. The Hall–Kier alpha value is -0.120. The number of hydrogen-bond acceptors (Lipinski definition) is 3. The lowest BCUT2D eigenvalue weighted by Gasteiger charge is -2.43. The van der Waals surface area contributed by atoms with Gasteiger partial charge in [-0.15, -0.1) is 0 Å². The van der Waals surface area contributed by atoms with E-state index in [2.05, 4.69) is 11.9 Å². The molecule has 1 atom stereocenters. The van der Waals surface area contributed by atoms with Gasteiger partial charge in [-0.1, -0.05) is 0 Å². The fraction of sp³-hybridized carbons (Fsp3) is 1.00. The van der Waals surface area contributed by atoms with Gasteiger partial charge in [-0.25, -0.2) is 0 Å². The SMILES string of the molecule is CN1CCCC(O)(C2(CN)CC2)C1. The van der Waals surface area contributed by atoms with Gasteiger partial charge in [0.2, 0.25) is 0 Å². The van der Waals surface area contributed by atoms with E-state index >= 15 is 0 Å². The van der Waals surface area contributed by atoms with Crippen LogP contribution in [-0.4, -0.2) is 42.3 Å². The molecule has 3 nitrogen and oxygen atoms in total. The van der Waals surface area contributed by atoms with Crippen LogP contribution in [0.25, 0.3) is 0 Å². The summed E-state index contributed by atoms with van der Waals surface area (Å²) in [5, 5.41) is 10.5. The van der Waals surface area contributed by atoms with Crippen LogP contribution in [-0.2, 0) is 0 Å². The van der Waals surface area contributed by atoms with Crippen molar-refractivity contribution in [3.05, 3.63) is 0 Å². The summed E-state index contributed by atoms with van der Waals surface area (Å²) in [5.74, 6) is 0. The van der Waals surface area contributed by atoms with Gasteiger partial charge in [0.15, 0.2) is 0 Å². The van der Waals surface area contributed by atoms with Crippen molar-refractivity contribution in [2.75, 3.05) is 26.7 Å². The Balaban J connectivity index is 2.10. The van der Waals surface area contributed by atoms with Crippen LogP contribution in [0.4, 0.5) is 0 Å². The first kappa shape index (κ1) is 9.44. The highest BCUT2D eigenvalue weighted by Gasteiger charge is 2.58. The molecular formula is C10H20N2O. The third kappa shape index (κ3) is 1.39. The molecule has 0 radical (unpaired) electrons. The number of piperidine rings is 1. The summed E-state index contributed by atoms with van der Waals surface area (Å²) in [6.45, 7) is 2.57. The van der Waals surface area contributed by atoms with E-state index in [0.717, 1.165) is 38.8 Å². The zero-order chi connectivity index (χ0) is 9.53. The molecule has 76 valence electrons. The van der Waals surface area contributed by atoms with E-state index in [4.69, 9.17) is 5.73 Å². The molecule has 0 aromatic heterocycles. The van der Waals surface area contributed by atoms with Crippen LogP contribution in [0.3, 0.4) is 0 Å². The standard InChI is InChI=1S/C10H20N2O/c1-12-6-2-3-10(13,8-12)9(7-11)4-5-9/h13H,2-8,11H2,1H3. The van der Waals surface area contributed by atoms with Crippen LogP contribution < -0.4 is 5.73 Å². The summed E-state index contributed by atoms with van der Waals surface area (Å²) in [6, 6.07) is 0. The number of likely N-dealkylation sites (N-methyl/N-ethyl adjacent to an activating group) is 1. The van der Waals surface area contributed by atoms with Crippen LogP contribution in [0, 0.1) is 5.41 Å². The Morgan fingerprint density at radius 1 is 1.38 bits per heavy atom. The van der Waals surface area contributed by atoms with Crippen molar-refractivity contribution < 1.29 is 5.11 Å². The fourth-order valence-electron chi connectivity index (χ4n) is 2.69. The third-order valence-electron chi connectivity index (χ3n) is 3.89. The number of β-amino-alcohol motifs (C(OH)–C–C–N with tert-alkyl or cyclic N) is 1. The van der Waals surface area contributed by atoms with Crippen molar-refractivity contribution in [3.8, 4) is 0 Å². The zero-order valence-corrected chi connectivity index (χ0v) is 8.42. The Kier molecular flexibility index (Phi) is 2.13. The van der Waals surface area contributed by atoms with E-state index in [1.165, 1.54) is 0 Å². The monoisotopic (exact) mass is 184 g/mol. The fourth-order valence-corrected chi connectivity index (χ4v) is 2.69. The van der Waals surface area contributed by atoms with Crippen molar-refractivity contribution in [1.29, 1.82) is 0 Å². The van der Waals surface area contributed by atoms with Crippen LogP contribution >= 0.6 is 0 Å². The van der Waals surface area contributed by atoms with Crippen molar-refractivity contribution in [1.82, 2.24) is 4.90 Å². The molecule has 1 saturated heterocycles. The predicted molar refractivity (Wildman–Crippen MR) is 52.4 cm³/mol. The molecule has 2 fully saturated rings. The molecule has 2 aliphatic rings. The summed E-state index contributed by atoms with van der Waals surface area (Å²) in [6.07, 6.45) is 4.28. The molecule has 13 heavy (non-hydrogen) atoms. The summed E-state index contributed by atoms with van der Waals surface area (Å²) in [7, 11) is 2.08. The van der Waals surface area contributed by atoms with E-state index in [1.807, 2.05) is 0 Å². The van der Waals surface area contributed by atoms with Gasteiger partial charge in [0.05, 0.1) is 5.60 Å². The van der Waals surface area contributed by atoms with E-state index in [0.29, 0.717) is 6.54 Å². The first-order valence-corrected chi connectivity index (χ1v) is 5.23. The second-order valence-electron chi connectivity index (χ2n) is 4.86. The Bertz CT molecular complexity index is 203. The molecule has 1 heterocycles. The molecule has 3 heteroatoms. The van der Waals surface area contributed by atoms with Crippen molar-refractivity contribution >= 4 is 0 Å². The molecule has 0 amide bonds. The van der Waals surface area contributed by atoms with Crippen LogP contribution in [0.5, 0.6) is 0 Å². The number of likely N-dealkylation sites (tertiary alicyclic amines) is 1. The Morgan fingerprint density at radius 3 is 2.54 bits per heavy atom. The maximum absolute atomic E-state index is 10.5. The summed E-state index contributed by atoms with van der Waals surface area (Å²) in [4.78, 5) is 2.22. The number of rotatable bonds is 2. The lowest BCUT2D eigenvalue weighted by molar-refractivity contribution is -0.0779. The summed E-state index contributed by atoms with van der Waals surface area (Å²) in [5.41, 5.74) is 5.33. The van der Waals surface area contributed by atoms with Crippen molar-refractivity contribution in [3.63, 3.8) is 0 Å². The zero-order valence-electron chi connectivity index (χ0n) is 8.42. The van der Waals surface area contributed by atoms with Crippen LogP contribution in [0.15, 0.2) is 0 Å². The minimum absolute atomic E-state index is 0.0711. The van der Waals surface area contributed by atoms with Gasteiger partial charge in [-0.3, -0.25) is 0 Å². The van der Waals surface area contributed by atoms with Gasteiger partial charge in [0, 0.05) is 18.5 Å². The van der Waals surface area contributed by atoms with E-state index < -0.39 is 5.60 Å². The lowest BCUT2D eigenvalue weighted by Crippen LogP contribution is -2.54. The Labute approximate surface area is 79.9 Å². The number of hydrogen-bond donors (Lipinski definition) is 2. The van der Waals surface area contributed by atoms with E-state index in [1.54, 1.807) is 0 Å². The Morgan fingerprint density at radius 2 is 2.08 bits per heavy atom. The maximum Gasteiger partial charge on any atom is 0.0842 e. The van der Waals surface area contributed by atoms with Gasteiger partial charge in [0.25, 0.3) is 0 Å². The minimum Gasteiger partial charge on any atom is -0.388 e. The normalized spacial score (nSPS) is 39.0. The molecule has 0 spiro atoms. The largest absolute Gasteiger partial charge is 0.388 e. The maximum atomic E-state index is 10.5. The lowest BCUT2D eigenvalue weighted by atomic mass is 9.78. The van der Waals surface area contributed by atoms with Gasteiger partial charge >= 0.3 is 0 Å². The van der Waals surface area contributed by atoms with Crippen LogP contribution in [0.2, 0.25) is 0 Å². The van der Waals surface area contributed by atoms with Gasteiger partial charge in [-0.2, -0.15) is 0 Å². The van der Waals surface area contributed by atoms with Gasteiger partial charge in [0.1, 0.15) is 0 Å². The van der Waals surface area contributed by atoms with Crippen LogP contribution in [0.1, 0.15) is 25.7 Å². The van der Waals surface area contributed by atoms with Crippen molar-refractivity contribution in [2.24, 2.45) is 11.1 Å². The smallest absolute Gasteiger partial charge is 0.0842 e. The molecule has 0 aromatic carbocycles. The average molecular weight is 184 g/mol. The molecule has 3 N–H and O–H groups in total. The first-order chi connectivity index (χ1) is 6.12. The highest BCUT2D eigenvalue weighted by atomic mass is 16.3. The quantitative estimate of drug-likeness (QED) is 0.644. The molecule has 1 saturated carbocycles. The second-order valence-corrected chi connectivity index (χ2v) is 4.86. The molecule has 2 rings (SSSR count).